The third-order valence-corrected chi connectivity index (χ3v) is 5.21. The Morgan fingerprint density at radius 2 is 2.06 bits per heavy atom. The van der Waals surface area contributed by atoms with Gasteiger partial charge in [0.15, 0.2) is 5.65 Å². The summed E-state index contributed by atoms with van der Waals surface area (Å²) in [5.74, 6) is 0.270. The van der Waals surface area contributed by atoms with Crippen LogP contribution in [0.4, 0.5) is 5.69 Å². The van der Waals surface area contributed by atoms with E-state index in [1.807, 2.05) is 24.3 Å². The fourth-order valence-electron chi connectivity index (χ4n) is 3.55. The molecule has 31 heavy (non-hydrogen) atoms. The average molecular weight is 424 g/mol. The van der Waals surface area contributed by atoms with E-state index in [0.29, 0.717) is 25.3 Å². The van der Waals surface area contributed by atoms with Gasteiger partial charge in [0.2, 0.25) is 11.7 Å². The maximum absolute atomic E-state index is 11.4. The Bertz CT molecular complexity index is 1090. The summed E-state index contributed by atoms with van der Waals surface area (Å²) in [5, 5.41) is 5.10. The number of nitrogens with zero attached hydrogens (tertiary/aromatic N) is 5. The minimum absolute atomic E-state index is 0.0148. The monoisotopic (exact) mass is 424 g/mol. The zero-order valence-electron chi connectivity index (χ0n) is 17.2. The van der Waals surface area contributed by atoms with E-state index in [4.69, 9.17) is 15.2 Å². The normalized spacial score (nSPS) is 18.4. The van der Waals surface area contributed by atoms with Crippen molar-refractivity contribution in [2.24, 2.45) is 5.73 Å². The number of para-hydroxylation sites is 2. The topological polar surface area (TPSA) is 125 Å². The predicted octanol–water partition coefficient (Wildman–Crippen LogP) is 1.71. The van der Waals surface area contributed by atoms with Gasteiger partial charge in [0.05, 0.1) is 42.9 Å². The molecule has 2 N–H and O–H groups in total. The molecule has 0 saturated carbocycles. The number of nitrogens with two attached hydrogens (primary N) is 1. The molecule has 1 saturated heterocycles. The molecule has 0 spiro atoms. The lowest BCUT2D eigenvalue weighted by Crippen LogP contribution is -2.24. The lowest BCUT2D eigenvalue weighted by Gasteiger charge is -2.22. The molecule has 4 heterocycles. The predicted molar refractivity (Wildman–Crippen MR) is 113 cm³/mol. The average Bonchev–Trinajstić information content (AvgIpc) is 3.17. The number of ether oxygens (including phenoxy) is 2. The molecular weight excluding hydrogens is 400 g/mol. The van der Waals surface area contributed by atoms with Crippen LogP contribution >= 0.6 is 0 Å². The van der Waals surface area contributed by atoms with Crippen LogP contribution in [-0.2, 0) is 9.53 Å². The van der Waals surface area contributed by atoms with Gasteiger partial charge >= 0.3 is 0 Å². The van der Waals surface area contributed by atoms with Crippen molar-refractivity contribution in [3.8, 4) is 5.75 Å². The fourth-order valence-corrected chi connectivity index (χ4v) is 3.55. The summed E-state index contributed by atoms with van der Waals surface area (Å²) in [4.78, 5) is 32.2. The molecular formula is C21H24N6O4. The summed E-state index contributed by atoms with van der Waals surface area (Å²) >= 11 is 0. The van der Waals surface area contributed by atoms with Crippen LogP contribution in [0.2, 0.25) is 0 Å². The lowest BCUT2D eigenvalue weighted by molar-refractivity contribution is -0.118. The first kappa shape index (κ1) is 20.7. The third-order valence-electron chi connectivity index (χ3n) is 5.21. The Labute approximate surface area is 179 Å². The quantitative estimate of drug-likeness (QED) is 0.664. The Balaban J connectivity index is 0.000000158. The van der Waals surface area contributed by atoms with Crippen LogP contribution < -0.4 is 15.4 Å². The Hall–Kier alpha value is -3.53. The van der Waals surface area contributed by atoms with Gasteiger partial charge in [0.25, 0.3) is 5.91 Å². The number of amides is 2. The second-order valence-electron chi connectivity index (χ2n) is 7.32. The first-order valence-electron chi connectivity index (χ1n) is 10.1. The number of hydrogen-bond donors (Lipinski definition) is 1. The second-order valence-corrected chi connectivity index (χ2v) is 7.32. The first-order chi connectivity index (χ1) is 15.0. The van der Waals surface area contributed by atoms with E-state index in [1.165, 1.54) is 0 Å². The highest BCUT2D eigenvalue weighted by atomic mass is 16.5. The molecule has 0 aliphatic carbocycles. The standard InChI is InChI=1S/C11H13N5O2.C10H11NO2/c12-9(17)10-13-4-7-5-14-16(11(7)15-10)8-2-1-3-18-6-8;1-11-8-4-2-3-5-9(8)13-7-6-10(11)12/h4-5,8H,1-3,6H2,(H2,12,17);2-5H,6-7H2,1H3. The van der Waals surface area contributed by atoms with Crippen LogP contribution in [0.3, 0.4) is 0 Å². The fraction of sp³-hybridized carbons (Fsp3) is 0.381. The van der Waals surface area contributed by atoms with Crippen LogP contribution in [0.25, 0.3) is 11.0 Å². The van der Waals surface area contributed by atoms with Gasteiger partial charge in [-0.25, -0.2) is 14.6 Å². The van der Waals surface area contributed by atoms with Gasteiger partial charge in [-0.15, -0.1) is 0 Å². The van der Waals surface area contributed by atoms with Crippen molar-refractivity contribution in [1.29, 1.82) is 0 Å². The van der Waals surface area contributed by atoms with E-state index >= 15 is 0 Å². The van der Waals surface area contributed by atoms with Gasteiger partial charge in [-0.3, -0.25) is 9.59 Å². The molecule has 1 unspecified atom stereocenters. The summed E-state index contributed by atoms with van der Waals surface area (Å²) < 4.78 is 12.7. The van der Waals surface area contributed by atoms with Gasteiger partial charge in [0.1, 0.15) is 5.75 Å². The lowest BCUT2D eigenvalue weighted by atomic mass is 10.1. The van der Waals surface area contributed by atoms with E-state index in [0.717, 1.165) is 36.3 Å². The SMILES string of the molecule is CN1C(=O)CCOc2ccccc21.NC(=O)c1ncc2cnn(C3CCCOC3)c2n1. The summed E-state index contributed by atoms with van der Waals surface area (Å²) in [5.41, 5.74) is 6.67. The summed E-state index contributed by atoms with van der Waals surface area (Å²) in [6, 6.07) is 7.73. The molecule has 1 aromatic carbocycles. The molecule has 3 aromatic rings. The van der Waals surface area contributed by atoms with Crippen molar-refractivity contribution in [3.05, 3.63) is 42.5 Å². The van der Waals surface area contributed by atoms with Gasteiger partial charge in [-0.2, -0.15) is 5.10 Å². The minimum Gasteiger partial charge on any atom is -0.491 e. The number of rotatable bonds is 2. The maximum Gasteiger partial charge on any atom is 0.286 e. The molecule has 10 heteroatoms. The van der Waals surface area contributed by atoms with Crippen LogP contribution in [0.1, 0.15) is 35.9 Å². The van der Waals surface area contributed by atoms with E-state index in [1.54, 1.807) is 29.0 Å². The van der Waals surface area contributed by atoms with Crippen molar-refractivity contribution in [1.82, 2.24) is 19.7 Å². The molecule has 0 bridgehead atoms. The molecule has 1 fully saturated rings. The Morgan fingerprint density at radius 1 is 1.23 bits per heavy atom. The Kier molecular flexibility index (Phi) is 6.08. The molecule has 0 radical (unpaired) electrons. The van der Waals surface area contributed by atoms with Gasteiger partial charge in [-0.05, 0) is 25.0 Å². The highest BCUT2D eigenvalue weighted by Gasteiger charge is 2.20. The molecule has 2 amide bonds. The minimum atomic E-state index is -0.635. The number of carbonyl (C=O) groups excluding carboxylic acids is 2. The number of aromatic nitrogens is 4. The zero-order valence-corrected chi connectivity index (χ0v) is 17.2. The highest BCUT2D eigenvalue weighted by Crippen LogP contribution is 2.29. The smallest absolute Gasteiger partial charge is 0.286 e. The highest BCUT2D eigenvalue weighted by molar-refractivity contribution is 5.95. The molecule has 2 aromatic heterocycles. The van der Waals surface area contributed by atoms with Gasteiger partial charge in [0, 0.05) is 19.9 Å². The van der Waals surface area contributed by atoms with E-state index in [-0.39, 0.29) is 17.8 Å². The molecule has 10 nitrogen and oxygen atoms in total. The summed E-state index contributed by atoms with van der Waals surface area (Å²) in [6.45, 7) is 1.88. The summed E-state index contributed by atoms with van der Waals surface area (Å²) in [6.07, 6.45) is 5.70. The Morgan fingerprint density at radius 3 is 2.84 bits per heavy atom. The van der Waals surface area contributed by atoms with Crippen molar-refractivity contribution in [3.63, 3.8) is 0 Å². The molecule has 162 valence electrons. The van der Waals surface area contributed by atoms with Gasteiger partial charge in [-0.1, -0.05) is 12.1 Å². The molecule has 1 atom stereocenters. The first-order valence-corrected chi connectivity index (χ1v) is 10.1. The molecule has 5 rings (SSSR count). The summed E-state index contributed by atoms with van der Waals surface area (Å²) in [7, 11) is 1.77. The van der Waals surface area contributed by atoms with E-state index in [2.05, 4.69) is 15.1 Å². The molecule has 2 aliphatic rings. The van der Waals surface area contributed by atoms with Gasteiger partial charge < -0.3 is 20.1 Å². The third kappa shape index (κ3) is 4.48. The van der Waals surface area contributed by atoms with Crippen molar-refractivity contribution in [2.75, 3.05) is 31.8 Å². The van der Waals surface area contributed by atoms with Crippen molar-refractivity contribution in [2.45, 2.75) is 25.3 Å². The number of carbonyl (C=O) groups is 2. The van der Waals surface area contributed by atoms with Crippen LogP contribution in [0, 0.1) is 0 Å². The number of anilines is 1. The van der Waals surface area contributed by atoms with Crippen LogP contribution in [0.5, 0.6) is 5.75 Å². The maximum atomic E-state index is 11.4. The zero-order chi connectivity index (χ0) is 21.8. The van der Waals surface area contributed by atoms with Crippen molar-refractivity contribution < 1.29 is 19.1 Å². The number of hydrogen-bond acceptors (Lipinski definition) is 7. The van der Waals surface area contributed by atoms with Crippen LogP contribution in [-0.4, -0.2) is 58.4 Å². The molecule has 2 aliphatic heterocycles. The van der Waals surface area contributed by atoms with E-state index in [9.17, 15) is 9.59 Å². The van der Waals surface area contributed by atoms with E-state index < -0.39 is 5.91 Å². The number of benzene rings is 1. The van der Waals surface area contributed by atoms with Crippen molar-refractivity contribution >= 4 is 28.5 Å². The van der Waals surface area contributed by atoms with Crippen LogP contribution in [0.15, 0.2) is 36.7 Å². The largest absolute Gasteiger partial charge is 0.491 e. The second kappa shape index (κ2) is 9.09. The number of primary amides is 1. The number of fused-ring (bicyclic) bond motifs is 2.